The molecule has 0 saturated heterocycles. The van der Waals surface area contributed by atoms with Crippen molar-refractivity contribution in [3.05, 3.63) is 58.1 Å². The van der Waals surface area contributed by atoms with Crippen LogP contribution in [-0.2, 0) is 6.61 Å². The Morgan fingerprint density at radius 3 is 2.68 bits per heavy atom. The molecule has 1 N–H and O–H groups in total. The van der Waals surface area contributed by atoms with E-state index in [1.54, 1.807) is 24.3 Å². The molecule has 0 aromatic heterocycles. The van der Waals surface area contributed by atoms with Gasteiger partial charge in [-0.15, -0.1) is 0 Å². The van der Waals surface area contributed by atoms with Gasteiger partial charge in [0.15, 0.2) is 0 Å². The Kier molecular flexibility index (Phi) is 4.06. The molecular weight excluding hydrogens is 262 g/mol. The monoisotopic (exact) mass is 273 g/mol. The van der Waals surface area contributed by atoms with Crippen molar-refractivity contribution in [1.29, 1.82) is 5.26 Å². The average Bonchev–Trinajstić information content (AvgIpc) is 2.43. The Morgan fingerprint density at radius 1 is 1.21 bits per heavy atom. The van der Waals surface area contributed by atoms with Crippen LogP contribution in [0.5, 0.6) is 11.5 Å². The summed E-state index contributed by atoms with van der Waals surface area (Å²) in [5.74, 6) is 0.933. The first-order valence-electron chi connectivity index (χ1n) is 5.72. The lowest BCUT2D eigenvalue weighted by Crippen LogP contribution is -1.92. The van der Waals surface area contributed by atoms with Crippen molar-refractivity contribution in [2.45, 2.75) is 13.5 Å². The van der Waals surface area contributed by atoms with Crippen LogP contribution < -0.4 is 4.74 Å². The summed E-state index contributed by atoms with van der Waals surface area (Å²) in [7, 11) is 0. The Bertz CT molecular complexity index is 647. The van der Waals surface area contributed by atoms with Gasteiger partial charge in [0.2, 0.25) is 0 Å². The molecule has 2 aromatic rings. The molecule has 2 aromatic carbocycles. The van der Waals surface area contributed by atoms with Crippen LogP contribution in [0.25, 0.3) is 0 Å². The Hall–Kier alpha value is -2.02. The molecule has 0 fully saturated rings. The maximum absolute atomic E-state index is 9.10. The number of aryl methyl sites for hydroxylation is 1. The number of rotatable bonds is 3. The molecule has 0 spiro atoms. The molecule has 0 aliphatic carbocycles. The summed E-state index contributed by atoms with van der Waals surface area (Å²) in [6.07, 6.45) is 0. The molecule has 0 unspecified atom stereocenters. The molecule has 3 nitrogen and oxygen atoms in total. The summed E-state index contributed by atoms with van der Waals surface area (Å²) in [5, 5.41) is 18.6. The highest BCUT2D eigenvalue weighted by Crippen LogP contribution is 2.32. The van der Waals surface area contributed by atoms with Gasteiger partial charge >= 0.3 is 0 Å². The number of ether oxygens (including phenoxy) is 1. The number of aliphatic hydroxyl groups excluding tert-OH is 1. The molecule has 0 aliphatic heterocycles. The van der Waals surface area contributed by atoms with E-state index in [-0.39, 0.29) is 6.61 Å². The van der Waals surface area contributed by atoms with Gasteiger partial charge < -0.3 is 9.84 Å². The molecule has 0 radical (unpaired) electrons. The van der Waals surface area contributed by atoms with Gasteiger partial charge in [0.1, 0.15) is 17.6 Å². The summed E-state index contributed by atoms with van der Waals surface area (Å²) >= 11 is 6.05. The van der Waals surface area contributed by atoms with Crippen molar-refractivity contribution in [3.63, 3.8) is 0 Å². The minimum Gasteiger partial charge on any atom is -0.454 e. The smallest absolute Gasteiger partial charge is 0.146 e. The lowest BCUT2D eigenvalue weighted by molar-refractivity contribution is 0.281. The Morgan fingerprint density at radius 2 is 2.00 bits per heavy atom. The molecule has 0 amide bonds. The van der Waals surface area contributed by atoms with Crippen LogP contribution in [0.4, 0.5) is 0 Å². The minimum absolute atomic E-state index is 0.111. The fourth-order valence-corrected chi connectivity index (χ4v) is 1.82. The molecule has 4 heteroatoms. The lowest BCUT2D eigenvalue weighted by atomic mass is 10.1. The molecule has 0 atom stereocenters. The van der Waals surface area contributed by atoms with E-state index in [0.29, 0.717) is 27.6 Å². The number of hydrogen-bond donors (Lipinski definition) is 1. The van der Waals surface area contributed by atoms with Gasteiger partial charge in [0.05, 0.1) is 17.2 Å². The van der Waals surface area contributed by atoms with Crippen molar-refractivity contribution in [2.75, 3.05) is 0 Å². The Labute approximate surface area is 116 Å². The number of aliphatic hydroxyl groups is 1. The van der Waals surface area contributed by atoms with Gasteiger partial charge in [0, 0.05) is 0 Å². The second-order valence-corrected chi connectivity index (χ2v) is 4.54. The zero-order valence-electron chi connectivity index (χ0n) is 10.4. The van der Waals surface area contributed by atoms with E-state index in [2.05, 4.69) is 0 Å². The summed E-state index contributed by atoms with van der Waals surface area (Å²) in [6, 6.07) is 12.4. The van der Waals surface area contributed by atoms with Gasteiger partial charge in [-0.05, 0) is 42.3 Å². The van der Waals surface area contributed by atoms with Crippen LogP contribution >= 0.6 is 11.6 Å². The largest absolute Gasteiger partial charge is 0.454 e. The molecule has 19 heavy (non-hydrogen) atoms. The zero-order valence-corrected chi connectivity index (χ0v) is 11.1. The topological polar surface area (TPSA) is 53.2 Å². The first-order chi connectivity index (χ1) is 9.13. The number of nitrogens with zero attached hydrogens (tertiary/aromatic N) is 1. The van der Waals surface area contributed by atoms with Gasteiger partial charge in [-0.25, -0.2) is 0 Å². The van der Waals surface area contributed by atoms with Crippen LogP contribution in [0.3, 0.4) is 0 Å². The number of nitriles is 1. The van der Waals surface area contributed by atoms with Crippen molar-refractivity contribution in [1.82, 2.24) is 0 Å². The van der Waals surface area contributed by atoms with Gasteiger partial charge in [-0.3, -0.25) is 0 Å². The van der Waals surface area contributed by atoms with E-state index in [4.69, 9.17) is 26.7 Å². The van der Waals surface area contributed by atoms with Crippen molar-refractivity contribution >= 4 is 11.6 Å². The van der Waals surface area contributed by atoms with E-state index in [1.807, 2.05) is 25.1 Å². The van der Waals surface area contributed by atoms with Crippen molar-refractivity contribution in [3.8, 4) is 17.6 Å². The number of hydrogen-bond acceptors (Lipinski definition) is 3. The van der Waals surface area contributed by atoms with Gasteiger partial charge in [-0.1, -0.05) is 23.7 Å². The third kappa shape index (κ3) is 3.05. The van der Waals surface area contributed by atoms with Crippen molar-refractivity contribution < 1.29 is 9.84 Å². The molecule has 2 rings (SSSR count). The number of benzene rings is 2. The molecule has 0 saturated carbocycles. The molecule has 0 aliphatic rings. The first-order valence-corrected chi connectivity index (χ1v) is 6.09. The highest BCUT2D eigenvalue weighted by Gasteiger charge is 2.08. The second-order valence-electron chi connectivity index (χ2n) is 4.14. The lowest BCUT2D eigenvalue weighted by Gasteiger charge is -2.10. The molecular formula is C15H12ClNO2. The predicted molar refractivity (Wildman–Crippen MR) is 73.3 cm³/mol. The fraction of sp³-hybridized carbons (Fsp3) is 0.133. The first kappa shape index (κ1) is 13.4. The van der Waals surface area contributed by atoms with Crippen LogP contribution in [0.15, 0.2) is 36.4 Å². The highest BCUT2D eigenvalue weighted by molar-refractivity contribution is 6.32. The summed E-state index contributed by atoms with van der Waals surface area (Å²) < 4.78 is 5.68. The van der Waals surface area contributed by atoms with Crippen LogP contribution in [0.1, 0.15) is 16.7 Å². The summed E-state index contributed by atoms with van der Waals surface area (Å²) in [5.41, 5.74) is 2.05. The van der Waals surface area contributed by atoms with Crippen LogP contribution in [0, 0.1) is 18.3 Å². The molecule has 0 bridgehead atoms. The Balaban J connectivity index is 2.38. The maximum atomic E-state index is 9.10. The zero-order chi connectivity index (χ0) is 13.8. The van der Waals surface area contributed by atoms with E-state index in [1.165, 1.54) is 0 Å². The third-order valence-electron chi connectivity index (χ3n) is 2.65. The third-order valence-corrected chi connectivity index (χ3v) is 2.97. The SMILES string of the molecule is Cc1ccc(Cl)c(Oc2ccc(CO)cc2C#N)c1. The molecule has 96 valence electrons. The summed E-state index contributed by atoms with van der Waals surface area (Å²) in [4.78, 5) is 0. The van der Waals surface area contributed by atoms with E-state index in [9.17, 15) is 0 Å². The predicted octanol–water partition coefficient (Wildman–Crippen LogP) is 3.80. The van der Waals surface area contributed by atoms with E-state index >= 15 is 0 Å². The quantitative estimate of drug-likeness (QED) is 0.925. The standard InChI is InChI=1S/C15H12ClNO2/c1-10-2-4-13(16)15(6-10)19-14-5-3-11(9-18)7-12(14)8-17/h2-7,18H,9H2,1H3. The van der Waals surface area contributed by atoms with E-state index < -0.39 is 0 Å². The van der Waals surface area contributed by atoms with Crippen molar-refractivity contribution in [2.24, 2.45) is 0 Å². The second kappa shape index (κ2) is 5.75. The molecule has 0 heterocycles. The highest BCUT2D eigenvalue weighted by atomic mass is 35.5. The van der Waals surface area contributed by atoms with E-state index in [0.717, 1.165) is 5.56 Å². The average molecular weight is 274 g/mol. The van der Waals surface area contributed by atoms with Crippen LogP contribution in [0.2, 0.25) is 5.02 Å². The van der Waals surface area contributed by atoms with Gasteiger partial charge in [-0.2, -0.15) is 5.26 Å². The summed E-state index contributed by atoms with van der Waals surface area (Å²) in [6.45, 7) is 1.82. The maximum Gasteiger partial charge on any atom is 0.146 e. The van der Waals surface area contributed by atoms with Crippen LogP contribution in [-0.4, -0.2) is 5.11 Å². The van der Waals surface area contributed by atoms with Gasteiger partial charge in [0.25, 0.3) is 0 Å². The minimum atomic E-state index is -0.111. The normalized spacial score (nSPS) is 10.0. The fourth-order valence-electron chi connectivity index (χ4n) is 1.66. The number of halogens is 1.